The van der Waals surface area contributed by atoms with Crippen LogP contribution in [0.1, 0.15) is 19.3 Å². The zero-order valence-corrected chi connectivity index (χ0v) is 6.60. The van der Waals surface area contributed by atoms with Crippen molar-refractivity contribution in [2.24, 2.45) is 5.92 Å². The van der Waals surface area contributed by atoms with E-state index in [1.807, 2.05) is 6.08 Å². The first kappa shape index (κ1) is 7.80. The van der Waals surface area contributed by atoms with Gasteiger partial charge in [-0.1, -0.05) is 6.08 Å². The topological polar surface area (TPSA) is 17.1 Å². The molecular formula is C8H11ClO. The molecule has 0 aromatic heterocycles. The van der Waals surface area contributed by atoms with Crippen molar-refractivity contribution in [3.63, 3.8) is 0 Å². The largest absolute Gasteiger partial charge is 0.298 e. The molecule has 1 saturated carbocycles. The fourth-order valence-electron chi connectivity index (χ4n) is 1.21. The van der Waals surface area contributed by atoms with Gasteiger partial charge in [-0.05, 0) is 18.8 Å². The number of hydrogen-bond donors (Lipinski definition) is 0. The number of halogens is 1. The molecule has 1 nitrogen and oxygen atoms in total. The average Bonchev–Trinajstić information content (AvgIpc) is 1.95. The Balaban J connectivity index is 2.48. The molecule has 0 aromatic carbocycles. The minimum atomic E-state index is -0.253. The third kappa shape index (κ3) is 1.60. The van der Waals surface area contributed by atoms with Gasteiger partial charge in [0, 0.05) is 6.42 Å². The molecule has 0 aromatic rings. The van der Waals surface area contributed by atoms with Crippen molar-refractivity contribution in [3.8, 4) is 0 Å². The summed E-state index contributed by atoms with van der Waals surface area (Å²) in [4.78, 5) is 10.9. The van der Waals surface area contributed by atoms with E-state index in [1.165, 1.54) is 0 Å². The zero-order valence-electron chi connectivity index (χ0n) is 5.85. The third-order valence-electron chi connectivity index (χ3n) is 1.95. The lowest BCUT2D eigenvalue weighted by molar-refractivity contribution is -0.120. The predicted octanol–water partition coefficient (Wildman–Crippen LogP) is 2.15. The summed E-state index contributed by atoms with van der Waals surface area (Å²) in [7, 11) is 0. The van der Waals surface area contributed by atoms with E-state index in [0.717, 1.165) is 12.8 Å². The summed E-state index contributed by atoms with van der Waals surface area (Å²) in [6, 6.07) is 0. The van der Waals surface area contributed by atoms with Crippen LogP contribution in [0, 0.1) is 5.92 Å². The molecule has 1 rings (SSSR count). The van der Waals surface area contributed by atoms with Crippen LogP contribution in [0.25, 0.3) is 0 Å². The molecule has 0 heterocycles. The van der Waals surface area contributed by atoms with Crippen molar-refractivity contribution in [3.05, 3.63) is 12.7 Å². The Labute approximate surface area is 66.1 Å². The molecule has 10 heavy (non-hydrogen) atoms. The first-order valence-electron chi connectivity index (χ1n) is 3.53. The molecule has 0 saturated heterocycles. The lowest BCUT2D eigenvalue weighted by atomic mass is 9.88. The highest BCUT2D eigenvalue weighted by Crippen LogP contribution is 2.25. The van der Waals surface area contributed by atoms with Gasteiger partial charge in [0.2, 0.25) is 0 Å². The van der Waals surface area contributed by atoms with E-state index >= 15 is 0 Å². The van der Waals surface area contributed by atoms with Gasteiger partial charge in [-0.25, -0.2) is 0 Å². The third-order valence-corrected chi connectivity index (χ3v) is 2.38. The van der Waals surface area contributed by atoms with Crippen molar-refractivity contribution >= 4 is 17.4 Å². The lowest BCUT2D eigenvalue weighted by Crippen LogP contribution is -2.23. The predicted molar refractivity (Wildman–Crippen MR) is 42.2 cm³/mol. The second-order valence-corrected chi connectivity index (χ2v) is 3.23. The van der Waals surface area contributed by atoms with E-state index in [4.69, 9.17) is 11.6 Å². The van der Waals surface area contributed by atoms with Crippen LogP contribution in [0.2, 0.25) is 0 Å². The average molecular weight is 159 g/mol. The fourth-order valence-corrected chi connectivity index (χ4v) is 1.55. The van der Waals surface area contributed by atoms with Crippen LogP contribution in [0.3, 0.4) is 0 Å². The molecule has 0 amide bonds. The van der Waals surface area contributed by atoms with Gasteiger partial charge in [0.05, 0.1) is 5.38 Å². The van der Waals surface area contributed by atoms with Gasteiger partial charge in [-0.2, -0.15) is 0 Å². The quantitative estimate of drug-likeness (QED) is 0.422. The molecular weight excluding hydrogens is 148 g/mol. The highest BCUT2D eigenvalue weighted by Gasteiger charge is 2.24. The smallest absolute Gasteiger partial charge is 0.150 e. The van der Waals surface area contributed by atoms with E-state index in [9.17, 15) is 4.79 Å². The summed E-state index contributed by atoms with van der Waals surface area (Å²) in [5.41, 5.74) is 0. The van der Waals surface area contributed by atoms with Crippen LogP contribution in [-0.2, 0) is 4.79 Å². The highest BCUT2D eigenvalue weighted by molar-refractivity contribution is 6.31. The van der Waals surface area contributed by atoms with Gasteiger partial charge in [0.1, 0.15) is 0 Å². The van der Waals surface area contributed by atoms with Gasteiger partial charge < -0.3 is 0 Å². The Morgan fingerprint density at radius 2 is 2.40 bits per heavy atom. The molecule has 0 aliphatic heterocycles. The van der Waals surface area contributed by atoms with Gasteiger partial charge >= 0.3 is 0 Å². The molecule has 0 bridgehead atoms. The minimum Gasteiger partial charge on any atom is -0.298 e. The van der Waals surface area contributed by atoms with Crippen molar-refractivity contribution in [2.45, 2.75) is 24.6 Å². The van der Waals surface area contributed by atoms with E-state index < -0.39 is 0 Å². The first-order chi connectivity index (χ1) is 4.74. The van der Waals surface area contributed by atoms with E-state index in [1.54, 1.807) is 0 Å². The Morgan fingerprint density at radius 3 is 2.90 bits per heavy atom. The summed E-state index contributed by atoms with van der Waals surface area (Å²) in [5.74, 6) is 0.653. The Bertz CT molecular complexity index is 153. The Hall–Kier alpha value is -0.300. The maximum atomic E-state index is 10.9. The molecule has 1 aliphatic rings. The number of allylic oxidation sites excluding steroid dienone is 1. The van der Waals surface area contributed by atoms with Crippen LogP contribution in [0.5, 0.6) is 0 Å². The fraction of sp³-hybridized carbons (Fsp3) is 0.625. The summed E-state index contributed by atoms with van der Waals surface area (Å²) in [6.45, 7) is 3.67. The van der Waals surface area contributed by atoms with Crippen LogP contribution < -0.4 is 0 Å². The molecule has 2 atom stereocenters. The zero-order chi connectivity index (χ0) is 7.56. The number of hydrogen-bond acceptors (Lipinski definition) is 1. The maximum Gasteiger partial charge on any atom is 0.150 e. The van der Waals surface area contributed by atoms with Crippen LogP contribution in [-0.4, -0.2) is 11.2 Å². The number of carbonyl (C=O) groups is 1. The standard InChI is InChI=1S/C8H11ClO/c1-2-6-3-4-8(10)7(9)5-6/h2,6-7H,1,3-5H2. The van der Waals surface area contributed by atoms with E-state index in [0.29, 0.717) is 12.3 Å². The summed E-state index contributed by atoms with van der Waals surface area (Å²) in [5, 5.41) is -0.253. The maximum absolute atomic E-state index is 10.9. The van der Waals surface area contributed by atoms with Gasteiger partial charge in [-0.15, -0.1) is 18.2 Å². The van der Waals surface area contributed by atoms with Gasteiger partial charge in [0.25, 0.3) is 0 Å². The minimum absolute atomic E-state index is 0.194. The number of carbonyl (C=O) groups excluding carboxylic acids is 1. The molecule has 2 heteroatoms. The molecule has 56 valence electrons. The summed E-state index contributed by atoms with van der Waals surface area (Å²) in [6.07, 6.45) is 4.24. The van der Waals surface area contributed by atoms with Crippen molar-refractivity contribution in [1.29, 1.82) is 0 Å². The van der Waals surface area contributed by atoms with Crippen LogP contribution in [0.15, 0.2) is 12.7 Å². The second-order valence-electron chi connectivity index (χ2n) is 2.70. The van der Waals surface area contributed by atoms with Gasteiger partial charge in [-0.3, -0.25) is 4.79 Å². The molecule has 0 spiro atoms. The summed E-state index contributed by atoms with van der Waals surface area (Å²) < 4.78 is 0. The molecule has 0 N–H and O–H groups in total. The number of ketones is 1. The second kappa shape index (κ2) is 3.20. The highest BCUT2D eigenvalue weighted by atomic mass is 35.5. The number of rotatable bonds is 1. The van der Waals surface area contributed by atoms with Gasteiger partial charge in [0.15, 0.2) is 5.78 Å². The first-order valence-corrected chi connectivity index (χ1v) is 3.97. The Kier molecular flexibility index (Phi) is 2.50. The molecule has 1 fully saturated rings. The Morgan fingerprint density at radius 1 is 1.70 bits per heavy atom. The molecule has 1 aliphatic carbocycles. The van der Waals surface area contributed by atoms with Crippen molar-refractivity contribution in [1.82, 2.24) is 0 Å². The van der Waals surface area contributed by atoms with Crippen molar-refractivity contribution in [2.75, 3.05) is 0 Å². The number of Topliss-reactive ketones (excluding diaryl/α,β-unsaturated/α-hetero) is 1. The van der Waals surface area contributed by atoms with Crippen molar-refractivity contribution < 1.29 is 4.79 Å². The summed E-state index contributed by atoms with van der Waals surface area (Å²) >= 11 is 5.74. The van der Waals surface area contributed by atoms with Crippen LogP contribution >= 0.6 is 11.6 Å². The molecule has 0 radical (unpaired) electrons. The van der Waals surface area contributed by atoms with E-state index in [2.05, 4.69) is 6.58 Å². The lowest BCUT2D eigenvalue weighted by Gasteiger charge is -2.20. The van der Waals surface area contributed by atoms with E-state index in [-0.39, 0.29) is 11.2 Å². The monoisotopic (exact) mass is 158 g/mol. The normalized spacial score (nSPS) is 33.9. The molecule has 2 unspecified atom stereocenters. The van der Waals surface area contributed by atoms with Crippen LogP contribution in [0.4, 0.5) is 0 Å². The SMILES string of the molecule is C=CC1CCC(=O)C(Cl)C1. The number of alkyl halides is 1.